The third-order valence-electron chi connectivity index (χ3n) is 7.06. The summed E-state index contributed by atoms with van der Waals surface area (Å²) in [4.78, 5) is 18.1. The number of carbonyl (C=O) groups is 1. The molecule has 3 aliphatic heterocycles. The maximum atomic E-state index is 13.7. The maximum absolute atomic E-state index is 13.7. The van der Waals surface area contributed by atoms with Gasteiger partial charge in [0, 0.05) is 50.0 Å². The molecule has 2 saturated heterocycles. The molecule has 1 amide bonds. The Morgan fingerprint density at radius 1 is 1.00 bits per heavy atom. The standard InChI is InChI=1S/C26H31N5O5S/c27-25-28-17-20(18-29-25)19-1-3-21(4-2-19)26(9-13-35-14-10-26)24(32)30-22-5-7-23(8-6-22)37(33,34)31-11-15-36-16-12-31/h1-8,17-18,25,28H,9-16,27H2,(H,30,32). The molecule has 4 N–H and O–H groups in total. The first-order valence-electron chi connectivity index (χ1n) is 12.3. The van der Waals surface area contributed by atoms with Crippen LogP contribution in [0.25, 0.3) is 5.57 Å². The fraction of sp³-hybridized carbons (Fsp3) is 0.385. The van der Waals surface area contributed by atoms with Crippen LogP contribution < -0.4 is 16.4 Å². The van der Waals surface area contributed by atoms with Crippen LogP contribution in [-0.4, -0.2) is 70.7 Å². The third-order valence-corrected chi connectivity index (χ3v) is 8.97. The van der Waals surface area contributed by atoms with Crippen LogP contribution in [0.3, 0.4) is 0 Å². The monoisotopic (exact) mass is 525 g/mol. The molecule has 0 aromatic heterocycles. The lowest BCUT2D eigenvalue weighted by atomic mass is 9.73. The Balaban J connectivity index is 1.34. The van der Waals surface area contributed by atoms with E-state index >= 15 is 0 Å². The van der Waals surface area contributed by atoms with Gasteiger partial charge in [0.05, 0.1) is 23.5 Å². The summed E-state index contributed by atoms with van der Waals surface area (Å²) in [6.07, 6.45) is 4.21. The number of hydrogen-bond acceptors (Lipinski definition) is 8. The molecule has 0 bridgehead atoms. The van der Waals surface area contributed by atoms with Crippen LogP contribution in [0.4, 0.5) is 5.69 Å². The summed E-state index contributed by atoms with van der Waals surface area (Å²) in [5.74, 6) is -0.140. The molecular formula is C26H31N5O5S. The van der Waals surface area contributed by atoms with Gasteiger partial charge in [0.15, 0.2) is 6.29 Å². The first kappa shape index (κ1) is 25.6. The van der Waals surface area contributed by atoms with Crippen molar-refractivity contribution in [2.45, 2.75) is 29.4 Å². The van der Waals surface area contributed by atoms with Crippen LogP contribution in [0.15, 0.2) is 64.6 Å². The van der Waals surface area contributed by atoms with Crippen LogP contribution in [0, 0.1) is 0 Å². The lowest BCUT2D eigenvalue weighted by Crippen LogP contribution is -2.44. The number of allylic oxidation sites excluding steroid dienone is 1. The van der Waals surface area contributed by atoms with Crippen LogP contribution >= 0.6 is 0 Å². The number of anilines is 1. The fourth-order valence-electron chi connectivity index (χ4n) is 4.82. The number of benzene rings is 2. The van der Waals surface area contributed by atoms with Crippen molar-refractivity contribution in [2.24, 2.45) is 10.7 Å². The SMILES string of the molecule is NC1N=CC(c2ccc(C3(C(=O)Nc4ccc(S(=O)(=O)N5CCOCC5)cc4)CCOCC3)cc2)=CN1. The molecule has 2 aromatic carbocycles. The number of nitrogens with zero attached hydrogens (tertiary/aromatic N) is 2. The first-order valence-corrected chi connectivity index (χ1v) is 13.8. The molecule has 0 saturated carbocycles. The number of morpholine rings is 1. The molecule has 1 unspecified atom stereocenters. The van der Waals surface area contributed by atoms with Gasteiger partial charge in [-0.05, 0) is 48.2 Å². The van der Waals surface area contributed by atoms with E-state index in [2.05, 4.69) is 15.6 Å². The van der Waals surface area contributed by atoms with Gasteiger partial charge >= 0.3 is 0 Å². The summed E-state index contributed by atoms with van der Waals surface area (Å²) < 4.78 is 38.1. The molecule has 37 heavy (non-hydrogen) atoms. The van der Waals surface area contributed by atoms with Crippen LogP contribution in [0.2, 0.25) is 0 Å². The summed E-state index contributed by atoms with van der Waals surface area (Å²) in [6.45, 7) is 2.39. The molecule has 5 rings (SSSR count). The second-order valence-electron chi connectivity index (χ2n) is 9.26. The predicted molar refractivity (Wildman–Crippen MR) is 140 cm³/mol. The Morgan fingerprint density at radius 2 is 1.65 bits per heavy atom. The van der Waals surface area contributed by atoms with Crippen molar-refractivity contribution < 1.29 is 22.7 Å². The molecule has 1 atom stereocenters. The number of carbonyl (C=O) groups excluding carboxylic acids is 1. The number of sulfonamides is 1. The summed E-state index contributed by atoms with van der Waals surface area (Å²) >= 11 is 0. The van der Waals surface area contributed by atoms with Crippen molar-refractivity contribution >= 4 is 33.4 Å². The summed E-state index contributed by atoms with van der Waals surface area (Å²) in [7, 11) is -3.60. The van der Waals surface area contributed by atoms with Crippen molar-refractivity contribution in [1.29, 1.82) is 0 Å². The molecule has 196 valence electrons. The highest BCUT2D eigenvalue weighted by molar-refractivity contribution is 7.89. The van der Waals surface area contributed by atoms with Gasteiger partial charge in [-0.3, -0.25) is 15.5 Å². The van der Waals surface area contributed by atoms with Gasteiger partial charge in [0.25, 0.3) is 0 Å². The number of amides is 1. The third kappa shape index (κ3) is 5.32. The average molecular weight is 526 g/mol. The van der Waals surface area contributed by atoms with Crippen molar-refractivity contribution in [2.75, 3.05) is 44.8 Å². The quantitative estimate of drug-likeness (QED) is 0.522. The van der Waals surface area contributed by atoms with Crippen LogP contribution in [-0.2, 0) is 29.7 Å². The smallest absolute Gasteiger partial charge is 0.243 e. The van der Waals surface area contributed by atoms with Gasteiger partial charge in [-0.15, -0.1) is 0 Å². The number of hydrogen-bond donors (Lipinski definition) is 3. The zero-order chi connectivity index (χ0) is 25.9. The zero-order valence-corrected chi connectivity index (χ0v) is 21.2. The summed E-state index contributed by atoms with van der Waals surface area (Å²) in [6, 6.07) is 14.2. The van der Waals surface area contributed by atoms with Gasteiger partial charge in [0.1, 0.15) is 0 Å². The minimum absolute atomic E-state index is 0.140. The Bertz CT molecular complexity index is 1280. The molecule has 2 fully saturated rings. The molecule has 3 heterocycles. The van der Waals surface area contributed by atoms with E-state index in [0.717, 1.165) is 16.7 Å². The molecule has 0 aliphatic carbocycles. The minimum Gasteiger partial charge on any atom is -0.381 e. The molecule has 0 spiro atoms. The van der Waals surface area contributed by atoms with Gasteiger partial charge in [-0.2, -0.15) is 4.31 Å². The second-order valence-corrected chi connectivity index (χ2v) is 11.2. The fourth-order valence-corrected chi connectivity index (χ4v) is 6.23. The van der Waals surface area contributed by atoms with E-state index in [-0.39, 0.29) is 10.8 Å². The van der Waals surface area contributed by atoms with E-state index in [1.165, 1.54) is 16.4 Å². The number of nitrogens with two attached hydrogens (primary N) is 1. The lowest BCUT2D eigenvalue weighted by molar-refractivity contribution is -0.125. The number of rotatable bonds is 6. The molecular weight excluding hydrogens is 494 g/mol. The van der Waals surface area contributed by atoms with Gasteiger partial charge in [-0.25, -0.2) is 8.42 Å². The summed E-state index contributed by atoms with van der Waals surface area (Å²) in [5, 5.41) is 6.00. The minimum atomic E-state index is -3.60. The maximum Gasteiger partial charge on any atom is 0.243 e. The van der Waals surface area contributed by atoms with E-state index in [1.54, 1.807) is 18.3 Å². The topological polar surface area (TPSA) is 135 Å². The van der Waals surface area contributed by atoms with Crippen molar-refractivity contribution in [1.82, 2.24) is 9.62 Å². The van der Waals surface area contributed by atoms with Crippen molar-refractivity contribution in [3.8, 4) is 0 Å². The Morgan fingerprint density at radius 3 is 2.27 bits per heavy atom. The second kappa shape index (κ2) is 10.7. The zero-order valence-electron chi connectivity index (χ0n) is 20.4. The molecule has 3 aliphatic rings. The highest BCUT2D eigenvalue weighted by Crippen LogP contribution is 2.37. The van der Waals surface area contributed by atoms with E-state index in [9.17, 15) is 13.2 Å². The predicted octanol–water partition coefficient (Wildman–Crippen LogP) is 1.65. The van der Waals surface area contributed by atoms with E-state index < -0.39 is 21.7 Å². The van der Waals surface area contributed by atoms with Crippen molar-refractivity contribution in [3.63, 3.8) is 0 Å². The lowest BCUT2D eigenvalue weighted by Gasteiger charge is -2.36. The molecule has 0 radical (unpaired) electrons. The molecule has 11 heteroatoms. The van der Waals surface area contributed by atoms with E-state index in [0.29, 0.717) is 58.0 Å². The average Bonchev–Trinajstić information content (AvgIpc) is 2.95. The van der Waals surface area contributed by atoms with E-state index in [1.807, 2.05) is 30.5 Å². The Labute approximate surface area is 216 Å². The summed E-state index contributed by atoms with van der Waals surface area (Å²) in [5.41, 5.74) is 8.29. The number of aliphatic imine (C=N–C) groups is 1. The van der Waals surface area contributed by atoms with E-state index in [4.69, 9.17) is 15.2 Å². The van der Waals surface area contributed by atoms with Gasteiger partial charge in [0.2, 0.25) is 15.9 Å². The van der Waals surface area contributed by atoms with Crippen LogP contribution in [0.5, 0.6) is 0 Å². The highest BCUT2D eigenvalue weighted by atomic mass is 32.2. The van der Waals surface area contributed by atoms with Crippen molar-refractivity contribution in [3.05, 3.63) is 65.9 Å². The van der Waals surface area contributed by atoms with Gasteiger partial charge in [-0.1, -0.05) is 24.3 Å². The number of ether oxygens (including phenoxy) is 2. The highest BCUT2D eigenvalue weighted by Gasteiger charge is 2.42. The Hall–Kier alpha value is -3.09. The molecule has 10 nitrogen and oxygen atoms in total. The normalized spacial score (nSPS) is 22.1. The van der Waals surface area contributed by atoms with Crippen LogP contribution in [0.1, 0.15) is 24.0 Å². The first-order chi connectivity index (χ1) is 17.9. The molecule has 2 aromatic rings. The van der Waals surface area contributed by atoms with Gasteiger partial charge < -0.3 is 20.1 Å². The number of nitrogens with one attached hydrogen (secondary N) is 2. The Kier molecular flexibility index (Phi) is 7.40. The largest absolute Gasteiger partial charge is 0.381 e.